The minimum Gasteiger partial charge on any atom is -0.288 e. The van der Waals surface area contributed by atoms with Crippen LogP contribution < -0.4 is 0 Å². The Bertz CT molecular complexity index is 563. The molecule has 0 atom stereocenters. The van der Waals surface area contributed by atoms with Gasteiger partial charge < -0.3 is 0 Å². The molecule has 0 radical (unpaired) electrons. The number of carbonyl (C=O) groups excluding carboxylic acids is 1. The summed E-state index contributed by atoms with van der Waals surface area (Å²) in [6.45, 7) is 1.80. The monoisotopic (exact) mass is 293 g/mol. The zero-order valence-electron chi connectivity index (χ0n) is 9.08. The van der Waals surface area contributed by atoms with Crippen LogP contribution in [-0.4, -0.2) is 10.8 Å². The van der Waals surface area contributed by atoms with Gasteiger partial charge in [0.25, 0.3) is 0 Å². The van der Waals surface area contributed by atoms with E-state index in [-0.39, 0.29) is 11.3 Å². The van der Waals surface area contributed by atoms with E-state index in [0.717, 1.165) is 5.56 Å². The van der Waals surface area contributed by atoms with Crippen LogP contribution in [0.2, 0.25) is 0 Å². The summed E-state index contributed by atoms with van der Waals surface area (Å²) in [5, 5.41) is 0. The SMILES string of the molecule is Cc1ccncc1C(=O)c1c(F)cccc1Br. The minimum atomic E-state index is -0.535. The summed E-state index contributed by atoms with van der Waals surface area (Å²) in [4.78, 5) is 16.1. The van der Waals surface area contributed by atoms with Crippen molar-refractivity contribution in [1.29, 1.82) is 0 Å². The number of carbonyl (C=O) groups is 1. The topological polar surface area (TPSA) is 30.0 Å². The third-order valence-electron chi connectivity index (χ3n) is 2.47. The van der Waals surface area contributed by atoms with E-state index in [9.17, 15) is 9.18 Å². The maximum absolute atomic E-state index is 13.6. The molecule has 0 aliphatic rings. The largest absolute Gasteiger partial charge is 0.288 e. The van der Waals surface area contributed by atoms with Crippen LogP contribution in [0.3, 0.4) is 0 Å². The Morgan fingerprint density at radius 2 is 2.12 bits per heavy atom. The van der Waals surface area contributed by atoms with E-state index in [2.05, 4.69) is 20.9 Å². The van der Waals surface area contributed by atoms with Crippen molar-refractivity contribution in [2.75, 3.05) is 0 Å². The molecule has 0 aliphatic carbocycles. The number of benzene rings is 1. The number of aromatic nitrogens is 1. The van der Waals surface area contributed by atoms with E-state index in [0.29, 0.717) is 10.0 Å². The average Bonchev–Trinajstić information content (AvgIpc) is 2.29. The molecule has 0 spiro atoms. The lowest BCUT2D eigenvalue weighted by Gasteiger charge is -2.06. The second-order valence-electron chi connectivity index (χ2n) is 3.62. The molecule has 0 N–H and O–H groups in total. The highest BCUT2D eigenvalue weighted by atomic mass is 79.9. The molecule has 1 aromatic carbocycles. The van der Waals surface area contributed by atoms with Gasteiger partial charge in [0.2, 0.25) is 0 Å². The molecule has 86 valence electrons. The predicted molar refractivity (Wildman–Crippen MR) is 66.5 cm³/mol. The summed E-state index contributed by atoms with van der Waals surface area (Å²) in [5.41, 5.74) is 1.24. The van der Waals surface area contributed by atoms with E-state index in [4.69, 9.17) is 0 Å². The van der Waals surface area contributed by atoms with Gasteiger partial charge in [-0.2, -0.15) is 0 Å². The molecule has 0 unspecified atom stereocenters. The fourth-order valence-corrected chi connectivity index (χ4v) is 2.07. The maximum Gasteiger partial charge on any atom is 0.198 e. The van der Waals surface area contributed by atoms with Crippen molar-refractivity contribution in [3.05, 3.63) is 63.6 Å². The van der Waals surface area contributed by atoms with Gasteiger partial charge in [-0.05, 0) is 46.6 Å². The molecule has 2 aromatic rings. The van der Waals surface area contributed by atoms with Crippen LogP contribution in [0.15, 0.2) is 41.1 Å². The highest BCUT2D eigenvalue weighted by molar-refractivity contribution is 9.10. The number of hydrogen-bond acceptors (Lipinski definition) is 2. The Balaban J connectivity index is 2.56. The molecule has 1 aromatic heterocycles. The van der Waals surface area contributed by atoms with Crippen LogP contribution in [0.1, 0.15) is 21.5 Å². The van der Waals surface area contributed by atoms with E-state index >= 15 is 0 Å². The minimum absolute atomic E-state index is 0.0450. The summed E-state index contributed by atoms with van der Waals surface area (Å²) < 4.78 is 14.1. The van der Waals surface area contributed by atoms with E-state index in [1.165, 1.54) is 12.3 Å². The standard InChI is InChI=1S/C13H9BrFNO/c1-8-5-6-16-7-9(8)13(17)12-10(14)3-2-4-11(12)15/h2-7H,1H3. The number of rotatable bonds is 2. The first kappa shape index (κ1) is 11.9. The van der Waals surface area contributed by atoms with E-state index in [1.807, 2.05) is 0 Å². The number of hydrogen-bond donors (Lipinski definition) is 0. The van der Waals surface area contributed by atoms with Gasteiger partial charge in [0.1, 0.15) is 5.82 Å². The number of nitrogens with zero attached hydrogens (tertiary/aromatic N) is 1. The van der Waals surface area contributed by atoms with Crippen LogP contribution in [0.25, 0.3) is 0 Å². The Labute approximate surface area is 107 Å². The molecule has 0 bridgehead atoms. The van der Waals surface area contributed by atoms with Crippen molar-refractivity contribution in [2.24, 2.45) is 0 Å². The summed E-state index contributed by atoms with van der Waals surface area (Å²) in [6, 6.07) is 6.18. The third-order valence-corrected chi connectivity index (χ3v) is 3.13. The van der Waals surface area contributed by atoms with Gasteiger partial charge in [-0.1, -0.05) is 6.07 Å². The van der Waals surface area contributed by atoms with Crippen LogP contribution in [0, 0.1) is 12.7 Å². The summed E-state index contributed by atoms with van der Waals surface area (Å²) in [5.74, 6) is -0.895. The van der Waals surface area contributed by atoms with Crippen LogP contribution >= 0.6 is 15.9 Å². The van der Waals surface area contributed by atoms with Crippen molar-refractivity contribution >= 4 is 21.7 Å². The average molecular weight is 294 g/mol. The van der Waals surface area contributed by atoms with Gasteiger partial charge in [-0.3, -0.25) is 9.78 Å². The van der Waals surface area contributed by atoms with E-state index in [1.54, 1.807) is 31.3 Å². The molecule has 1 heterocycles. The summed E-state index contributed by atoms with van der Waals surface area (Å²) >= 11 is 3.19. The molecule has 0 fully saturated rings. The normalized spacial score (nSPS) is 10.3. The molecule has 2 rings (SSSR count). The second kappa shape index (κ2) is 4.75. The summed E-state index contributed by atoms with van der Waals surface area (Å²) in [6.07, 6.45) is 3.05. The highest BCUT2D eigenvalue weighted by Crippen LogP contribution is 2.23. The van der Waals surface area contributed by atoms with Crippen LogP contribution in [0.5, 0.6) is 0 Å². The Morgan fingerprint density at radius 3 is 2.76 bits per heavy atom. The molecule has 0 amide bonds. The van der Waals surface area contributed by atoms with Gasteiger partial charge in [0.05, 0.1) is 5.56 Å². The number of aryl methyl sites for hydroxylation is 1. The van der Waals surface area contributed by atoms with Crippen molar-refractivity contribution < 1.29 is 9.18 Å². The first-order chi connectivity index (χ1) is 8.11. The number of ketones is 1. The van der Waals surface area contributed by atoms with Gasteiger partial charge in [0, 0.05) is 22.4 Å². The summed E-state index contributed by atoms with van der Waals surface area (Å²) in [7, 11) is 0. The Hall–Kier alpha value is -1.55. The lowest BCUT2D eigenvalue weighted by Crippen LogP contribution is -2.07. The van der Waals surface area contributed by atoms with Crippen LogP contribution in [0.4, 0.5) is 4.39 Å². The first-order valence-corrected chi connectivity index (χ1v) is 5.80. The van der Waals surface area contributed by atoms with Gasteiger partial charge >= 0.3 is 0 Å². The molecule has 17 heavy (non-hydrogen) atoms. The van der Waals surface area contributed by atoms with Crippen molar-refractivity contribution in [1.82, 2.24) is 4.98 Å². The third kappa shape index (κ3) is 2.26. The highest BCUT2D eigenvalue weighted by Gasteiger charge is 2.18. The lowest BCUT2D eigenvalue weighted by atomic mass is 10.0. The Morgan fingerprint density at radius 1 is 1.35 bits per heavy atom. The van der Waals surface area contributed by atoms with Crippen molar-refractivity contribution in [3.63, 3.8) is 0 Å². The van der Waals surface area contributed by atoms with Crippen molar-refractivity contribution in [2.45, 2.75) is 6.92 Å². The van der Waals surface area contributed by atoms with E-state index < -0.39 is 5.82 Å². The number of pyridine rings is 1. The molecule has 0 aliphatic heterocycles. The molecular formula is C13H9BrFNO. The fourth-order valence-electron chi connectivity index (χ4n) is 1.55. The zero-order chi connectivity index (χ0) is 12.4. The molecule has 0 saturated carbocycles. The van der Waals surface area contributed by atoms with Crippen LogP contribution in [-0.2, 0) is 0 Å². The quantitative estimate of drug-likeness (QED) is 0.793. The van der Waals surface area contributed by atoms with Crippen molar-refractivity contribution in [3.8, 4) is 0 Å². The molecule has 0 saturated heterocycles. The molecular weight excluding hydrogens is 285 g/mol. The lowest BCUT2D eigenvalue weighted by molar-refractivity contribution is 0.103. The molecule has 4 heteroatoms. The molecule has 2 nitrogen and oxygen atoms in total. The predicted octanol–water partition coefficient (Wildman–Crippen LogP) is 3.52. The van der Waals surface area contributed by atoms with Gasteiger partial charge in [-0.25, -0.2) is 4.39 Å². The maximum atomic E-state index is 13.6. The number of halogens is 2. The second-order valence-corrected chi connectivity index (χ2v) is 4.47. The fraction of sp³-hybridized carbons (Fsp3) is 0.0769. The van der Waals surface area contributed by atoms with Gasteiger partial charge in [-0.15, -0.1) is 0 Å². The zero-order valence-corrected chi connectivity index (χ0v) is 10.7. The first-order valence-electron chi connectivity index (χ1n) is 5.00. The smallest absolute Gasteiger partial charge is 0.198 e. The van der Waals surface area contributed by atoms with Gasteiger partial charge in [0.15, 0.2) is 5.78 Å². The Kier molecular flexibility index (Phi) is 3.33.